The average molecular weight is 391 g/mol. The Morgan fingerprint density at radius 3 is 2.93 bits per heavy atom. The van der Waals surface area contributed by atoms with Gasteiger partial charge in [0.1, 0.15) is 11.6 Å². The van der Waals surface area contributed by atoms with Crippen LogP contribution in [0.25, 0.3) is 11.8 Å². The van der Waals surface area contributed by atoms with E-state index in [1.165, 1.54) is 30.9 Å². The summed E-state index contributed by atoms with van der Waals surface area (Å²) in [6, 6.07) is 11.1. The summed E-state index contributed by atoms with van der Waals surface area (Å²) in [5, 5.41) is 3.00. The minimum absolute atomic E-state index is 0.00501. The fourth-order valence-electron chi connectivity index (χ4n) is 3.70. The monoisotopic (exact) mass is 391 g/mol. The molecule has 6 heteroatoms. The molecule has 1 unspecified atom stereocenters. The maximum absolute atomic E-state index is 14.6. The van der Waals surface area contributed by atoms with Crippen molar-refractivity contribution in [1.82, 2.24) is 14.9 Å². The first-order valence-corrected chi connectivity index (χ1v) is 9.50. The molecule has 1 heterocycles. The first kappa shape index (κ1) is 18.9. The summed E-state index contributed by atoms with van der Waals surface area (Å²) in [6.07, 6.45) is 8.05. The van der Waals surface area contributed by atoms with E-state index in [-0.39, 0.29) is 17.5 Å². The molecule has 0 spiro atoms. The number of nitrogens with zero attached hydrogens (tertiary/aromatic N) is 2. The number of imidazole rings is 1. The summed E-state index contributed by atoms with van der Waals surface area (Å²) in [5.74, 6) is -0.199. The van der Waals surface area contributed by atoms with Crippen LogP contribution in [0, 0.1) is 12.7 Å². The lowest BCUT2D eigenvalue weighted by Crippen LogP contribution is -2.25. The summed E-state index contributed by atoms with van der Waals surface area (Å²) in [5.41, 5.74) is 4.07. The Morgan fingerprint density at radius 1 is 1.34 bits per heavy atom. The zero-order chi connectivity index (χ0) is 20.4. The number of fused-ring (bicyclic) bond motifs is 1. The van der Waals surface area contributed by atoms with Gasteiger partial charge in [-0.15, -0.1) is 0 Å². The molecule has 1 atom stereocenters. The van der Waals surface area contributed by atoms with Crippen LogP contribution in [-0.2, 0) is 11.2 Å². The van der Waals surface area contributed by atoms with Gasteiger partial charge in [-0.05, 0) is 43.0 Å². The number of carbonyl (C=O) groups excluding carboxylic acids is 1. The van der Waals surface area contributed by atoms with Gasteiger partial charge in [-0.25, -0.2) is 9.37 Å². The van der Waals surface area contributed by atoms with Crippen LogP contribution in [-0.4, -0.2) is 22.6 Å². The molecule has 0 aliphatic heterocycles. The smallest absolute Gasteiger partial charge is 0.244 e. The van der Waals surface area contributed by atoms with Crippen molar-refractivity contribution >= 4 is 12.0 Å². The highest BCUT2D eigenvalue weighted by atomic mass is 19.1. The van der Waals surface area contributed by atoms with Gasteiger partial charge in [-0.2, -0.15) is 0 Å². The van der Waals surface area contributed by atoms with Crippen molar-refractivity contribution < 1.29 is 13.9 Å². The number of hydrogen-bond acceptors (Lipinski definition) is 3. The largest absolute Gasteiger partial charge is 0.495 e. The molecule has 3 aromatic rings. The maximum Gasteiger partial charge on any atom is 0.244 e. The molecule has 0 bridgehead atoms. The third kappa shape index (κ3) is 3.92. The van der Waals surface area contributed by atoms with E-state index >= 15 is 0 Å². The van der Waals surface area contributed by atoms with E-state index in [1.54, 1.807) is 23.2 Å². The highest BCUT2D eigenvalue weighted by Gasteiger charge is 2.22. The van der Waals surface area contributed by atoms with Crippen molar-refractivity contribution in [2.24, 2.45) is 0 Å². The van der Waals surface area contributed by atoms with E-state index in [0.29, 0.717) is 11.4 Å². The van der Waals surface area contributed by atoms with E-state index in [0.717, 1.165) is 24.1 Å². The number of aromatic nitrogens is 2. The first-order chi connectivity index (χ1) is 14.0. The number of nitrogens with one attached hydrogen (secondary N) is 1. The fourth-order valence-corrected chi connectivity index (χ4v) is 3.70. The van der Waals surface area contributed by atoms with Crippen LogP contribution >= 0.6 is 0 Å². The Bertz CT molecular complexity index is 1090. The van der Waals surface area contributed by atoms with Gasteiger partial charge in [0, 0.05) is 23.9 Å². The SMILES string of the molecule is COc1cc(C=CC(=O)NC2CCc3ccccc32)c(F)cc1-n1cnc(C)c1. The molecule has 29 heavy (non-hydrogen) atoms. The lowest BCUT2D eigenvalue weighted by molar-refractivity contribution is -0.117. The summed E-state index contributed by atoms with van der Waals surface area (Å²) >= 11 is 0. The number of amides is 1. The van der Waals surface area contributed by atoms with Crippen LogP contribution in [0.2, 0.25) is 0 Å². The highest BCUT2D eigenvalue weighted by molar-refractivity contribution is 5.92. The number of ether oxygens (including phenoxy) is 1. The summed E-state index contributed by atoms with van der Waals surface area (Å²) < 4.78 is 21.8. The topological polar surface area (TPSA) is 56.1 Å². The Kier molecular flexibility index (Phi) is 5.16. The van der Waals surface area contributed by atoms with E-state index in [4.69, 9.17) is 4.74 Å². The lowest BCUT2D eigenvalue weighted by atomic mass is 10.1. The van der Waals surface area contributed by atoms with Gasteiger partial charge in [0.2, 0.25) is 5.91 Å². The van der Waals surface area contributed by atoms with Gasteiger partial charge in [-0.3, -0.25) is 4.79 Å². The molecular formula is C23H22FN3O2. The molecule has 148 valence electrons. The highest BCUT2D eigenvalue weighted by Crippen LogP contribution is 2.31. The second-order valence-corrected chi connectivity index (χ2v) is 7.10. The minimum Gasteiger partial charge on any atom is -0.495 e. The van der Waals surface area contributed by atoms with Gasteiger partial charge in [0.05, 0.1) is 30.9 Å². The Balaban J connectivity index is 1.51. The number of rotatable bonds is 5. The predicted molar refractivity (Wildman–Crippen MR) is 109 cm³/mol. The molecule has 2 aromatic carbocycles. The van der Waals surface area contributed by atoms with Crippen molar-refractivity contribution in [3.8, 4) is 11.4 Å². The molecule has 4 rings (SSSR count). The van der Waals surface area contributed by atoms with Crippen molar-refractivity contribution in [3.63, 3.8) is 0 Å². The maximum atomic E-state index is 14.6. The van der Waals surface area contributed by atoms with E-state index in [9.17, 15) is 9.18 Å². The number of halogens is 1. The van der Waals surface area contributed by atoms with Gasteiger partial charge >= 0.3 is 0 Å². The number of hydrogen-bond donors (Lipinski definition) is 1. The normalized spacial score (nSPS) is 15.5. The predicted octanol–water partition coefficient (Wildman–Crippen LogP) is 4.15. The van der Waals surface area contributed by atoms with Crippen LogP contribution in [0.5, 0.6) is 5.75 Å². The lowest BCUT2D eigenvalue weighted by Gasteiger charge is -2.13. The van der Waals surface area contributed by atoms with Crippen molar-refractivity contribution in [2.45, 2.75) is 25.8 Å². The molecule has 1 aliphatic rings. The quantitative estimate of drug-likeness (QED) is 0.665. The second kappa shape index (κ2) is 7.91. The molecule has 1 aliphatic carbocycles. The minimum atomic E-state index is -0.442. The van der Waals surface area contributed by atoms with Gasteiger partial charge < -0.3 is 14.6 Å². The van der Waals surface area contributed by atoms with Crippen molar-refractivity contribution in [3.05, 3.63) is 83.2 Å². The zero-order valence-corrected chi connectivity index (χ0v) is 16.4. The summed E-state index contributed by atoms with van der Waals surface area (Å²) in [6.45, 7) is 1.86. The molecule has 0 saturated heterocycles. The van der Waals surface area contributed by atoms with Crippen LogP contribution < -0.4 is 10.1 Å². The Labute approximate surface area is 168 Å². The average Bonchev–Trinajstić information content (AvgIpc) is 3.33. The van der Waals surface area contributed by atoms with E-state index in [2.05, 4.69) is 16.4 Å². The molecule has 1 aromatic heterocycles. The molecule has 0 radical (unpaired) electrons. The Morgan fingerprint density at radius 2 is 2.17 bits per heavy atom. The van der Waals surface area contributed by atoms with Crippen LogP contribution in [0.1, 0.15) is 34.8 Å². The van der Waals surface area contributed by atoms with E-state index in [1.807, 2.05) is 25.1 Å². The van der Waals surface area contributed by atoms with Gasteiger partial charge in [0.25, 0.3) is 0 Å². The summed E-state index contributed by atoms with van der Waals surface area (Å²) in [4.78, 5) is 16.5. The molecular weight excluding hydrogens is 369 g/mol. The molecule has 0 fully saturated rings. The number of methoxy groups -OCH3 is 1. The number of aryl methyl sites for hydroxylation is 2. The van der Waals surface area contributed by atoms with Crippen molar-refractivity contribution in [1.29, 1.82) is 0 Å². The second-order valence-electron chi connectivity index (χ2n) is 7.10. The van der Waals surface area contributed by atoms with Crippen LogP contribution in [0.4, 0.5) is 4.39 Å². The Hall–Kier alpha value is -3.41. The third-order valence-corrected chi connectivity index (χ3v) is 5.15. The number of carbonyl (C=O) groups is 1. The first-order valence-electron chi connectivity index (χ1n) is 9.50. The van der Waals surface area contributed by atoms with Crippen molar-refractivity contribution in [2.75, 3.05) is 7.11 Å². The van der Waals surface area contributed by atoms with E-state index < -0.39 is 5.82 Å². The molecule has 5 nitrogen and oxygen atoms in total. The number of benzene rings is 2. The van der Waals surface area contributed by atoms with Gasteiger partial charge in [-0.1, -0.05) is 24.3 Å². The fraction of sp³-hybridized carbons (Fsp3) is 0.217. The van der Waals surface area contributed by atoms with Crippen LogP contribution in [0.3, 0.4) is 0 Å². The van der Waals surface area contributed by atoms with Crippen LogP contribution in [0.15, 0.2) is 55.0 Å². The molecule has 0 saturated carbocycles. The zero-order valence-electron chi connectivity index (χ0n) is 16.4. The molecule has 1 N–H and O–H groups in total. The van der Waals surface area contributed by atoms with Gasteiger partial charge in [0.15, 0.2) is 0 Å². The molecule has 1 amide bonds. The summed E-state index contributed by atoms with van der Waals surface area (Å²) in [7, 11) is 1.53. The standard InChI is InChI=1S/C23H22FN3O2/c1-15-13-27(14-25-15)21-12-19(24)17(11-22(21)29-2)8-10-23(28)26-20-9-7-16-5-3-4-6-18(16)20/h3-6,8,10-14,20H,7,9H2,1-2H3,(H,26,28). The third-order valence-electron chi connectivity index (χ3n) is 5.15.